The molecule has 3 aliphatic heterocycles. The maximum absolute atomic E-state index is 14.9. The standard InChI is InChI=1S/C48H45FN10O9/c1-66-40-4-2-3-35(49)43(40)44-53-15-12-37(54-44)45(62)55-36-8-5-29(34-28-51-14-11-30(34)27-50)25-39(36)57-17-19-58(20-18-57)42(61)13-21-67-23-24-68-22-16-52-31-6-7-32-33(26-31)48(65)59(47(32)64)38-9-10-41(60)56-46(38)63/h2-8,11-12,14-15,25-26,28,38,52H,9-10,13,16-24H2,1H3,(H,55,62)(H,56,60,63). The molecule has 0 bridgehead atoms. The van der Waals surface area contributed by atoms with E-state index in [4.69, 9.17) is 14.2 Å². The molecule has 3 N–H and O–H groups in total. The van der Waals surface area contributed by atoms with E-state index in [1.165, 1.54) is 37.6 Å². The Morgan fingerprint density at radius 1 is 0.897 bits per heavy atom. The van der Waals surface area contributed by atoms with Gasteiger partial charge in [0.25, 0.3) is 17.7 Å². The van der Waals surface area contributed by atoms with Crippen molar-refractivity contribution in [1.82, 2.24) is 30.1 Å². The number of hydrogen-bond donors (Lipinski definition) is 3. The van der Waals surface area contributed by atoms with Crippen LogP contribution in [0.3, 0.4) is 0 Å². The molecule has 5 heterocycles. The van der Waals surface area contributed by atoms with Gasteiger partial charge in [-0.2, -0.15) is 5.26 Å². The number of piperidine rings is 1. The highest BCUT2D eigenvalue weighted by Gasteiger charge is 2.44. The summed E-state index contributed by atoms with van der Waals surface area (Å²) in [6.45, 7) is 3.09. The van der Waals surface area contributed by atoms with E-state index in [-0.39, 0.29) is 78.9 Å². The Bertz CT molecular complexity index is 2830. The summed E-state index contributed by atoms with van der Waals surface area (Å²) in [5.41, 5.74) is 3.81. The number of fused-ring (bicyclic) bond motifs is 1. The van der Waals surface area contributed by atoms with Crippen molar-refractivity contribution in [2.24, 2.45) is 0 Å². The van der Waals surface area contributed by atoms with Crippen molar-refractivity contribution in [1.29, 1.82) is 5.26 Å². The predicted molar refractivity (Wildman–Crippen MR) is 243 cm³/mol. The topological polar surface area (TPSA) is 238 Å². The molecule has 19 nitrogen and oxygen atoms in total. The minimum Gasteiger partial charge on any atom is -0.496 e. The zero-order chi connectivity index (χ0) is 47.7. The number of nitrogens with one attached hydrogen (secondary N) is 3. The predicted octanol–water partition coefficient (Wildman–Crippen LogP) is 4.06. The average molecular weight is 925 g/mol. The number of hydrogen-bond acceptors (Lipinski definition) is 15. The van der Waals surface area contributed by atoms with Gasteiger partial charge in [0.1, 0.15) is 23.3 Å². The van der Waals surface area contributed by atoms with Crippen LogP contribution in [0.25, 0.3) is 22.5 Å². The summed E-state index contributed by atoms with van der Waals surface area (Å²) in [6.07, 6.45) is 4.79. The molecule has 2 aromatic heterocycles. The van der Waals surface area contributed by atoms with Gasteiger partial charge in [-0.15, -0.1) is 0 Å². The lowest BCUT2D eigenvalue weighted by molar-refractivity contribution is -0.136. The highest BCUT2D eigenvalue weighted by Crippen LogP contribution is 2.35. The molecule has 3 aliphatic rings. The Morgan fingerprint density at radius 2 is 1.69 bits per heavy atom. The van der Waals surface area contributed by atoms with Crippen LogP contribution >= 0.6 is 0 Å². The number of methoxy groups -OCH3 is 1. The van der Waals surface area contributed by atoms with E-state index in [1.807, 2.05) is 11.0 Å². The van der Waals surface area contributed by atoms with Crippen LogP contribution in [0.4, 0.5) is 21.5 Å². The second-order valence-electron chi connectivity index (χ2n) is 15.8. The van der Waals surface area contributed by atoms with Crippen molar-refractivity contribution in [3.8, 4) is 34.3 Å². The van der Waals surface area contributed by atoms with Gasteiger partial charge >= 0.3 is 0 Å². The van der Waals surface area contributed by atoms with Gasteiger partial charge in [-0.05, 0) is 66.6 Å². The Morgan fingerprint density at radius 3 is 2.47 bits per heavy atom. The number of aromatic nitrogens is 3. The number of nitriles is 1. The molecule has 1 atom stereocenters. The van der Waals surface area contributed by atoms with Crippen LogP contribution in [-0.4, -0.2) is 132 Å². The van der Waals surface area contributed by atoms with Crippen molar-refractivity contribution in [3.63, 3.8) is 0 Å². The molecule has 0 radical (unpaired) electrons. The number of amides is 6. The van der Waals surface area contributed by atoms with Crippen LogP contribution in [0.1, 0.15) is 56.0 Å². The number of imide groups is 2. The number of pyridine rings is 1. The van der Waals surface area contributed by atoms with E-state index in [2.05, 4.69) is 37.0 Å². The van der Waals surface area contributed by atoms with Crippen molar-refractivity contribution < 1.29 is 47.4 Å². The van der Waals surface area contributed by atoms with Crippen LogP contribution in [0.15, 0.2) is 85.3 Å². The molecule has 1 unspecified atom stereocenters. The lowest BCUT2D eigenvalue weighted by Crippen LogP contribution is -2.54. The third kappa shape index (κ3) is 10.1. The van der Waals surface area contributed by atoms with Gasteiger partial charge in [0.15, 0.2) is 5.82 Å². The first kappa shape index (κ1) is 46.4. The first-order chi connectivity index (χ1) is 33.0. The summed E-state index contributed by atoms with van der Waals surface area (Å²) in [6, 6.07) is 18.7. The first-order valence-electron chi connectivity index (χ1n) is 21.8. The molecule has 0 spiro atoms. The van der Waals surface area contributed by atoms with Gasteiger partial charge in [-0.3, -0.25) is 44.0 Å². The van der Waals surface area contributed by atoms with Gasteiger partial charge in [0.2, 0.25) is 17.7 Å². The fourth-order valence-corrected chi connectivity index (χ4v) is 8.16. The maximum Gasteiger partial charge on any atom is 0.274 e. The number of piperazine rings is 1. The molecule has 2 saturated heterocycles. The number of rotatable bonds is 17. The quantitative estimate of drug-likeness (QED) is 0.0881. The Hall–Kier alpha value is -8.15. The molecule has 20 heteroatoms. The third-order valence-corrected chi connectivity index (χ3v) is 11.6. The van der Waals surface area contributed by atoms with Gasteiger partial charge in [0.05, 0.1) is 79.7 Å². The molecule has 0 saturated carbocycles. The maximum atomic E-state index is 14.9. The van der Waals surface area contributed by atoms with Crippen LogP contribution in [0.5, 0.6) is 5.75 Å². The van der Waals surface area contributed by atoms with Crippen molar-refractivity contribution in [2.45, 2.75) is 25.3 Å². The molecule has 0 aliphatic carbocycles. The third-order valence-electron chi connectivity index (χ3n) is 11.6. The highest BCUT2D eigenvalue weighted by atomic mass is 19.1. The number of nitrogens with zero attached hydrogens (tertiary/aromatic N) is 7. The van der Waals surface area contributed by atoms with Crippen LogP contribution in [0, 0.1) is 17.1 Å². The lowest BCUT2D eigenvalue weighted by atomic mass is 10.0. The molecular formula is C48H45FN10O9. The van der Waals surface area contributed by atoms with E-state index in [9.17, 15) is 38.4 Å². The smallest absolute Gasteiger partial charge is 0.274 e. The van der Waals surface area contributed by atoms with Gasteiger partial charge in [-0.1, -0.05) is 12.1 Å². The summed E-state index contributed by atoms with van der Waals surface area (Å²) in [5.74, 6) is -3.32. The number of benzene rings is 3. The van der Waals surface area contributed by atoms with E-state index in [0.717, 1.165) is 4.90 Å². The van der Waals surface area contributed by atoms with Crippen LogP contribution < -0.4 is 25.6 Å². The summed E-state index contributed by atoms with van der Waals surface area (Å²) >= 11 is 0. The van der Waals surface area contributed by atoms with Gasteiger partial charge in [-0.25, -0.2) is 14.4 Å². The first-order valence-corrected chi connectivity index (χ1v) is 21.8. The number of ether oxygens (including phenoxy) is 3. The molecule has 3 aromatic carbocycles. The SMILES string of the molecule is COc1cccc(F)c1-c1nccc(C(=O)Nc2ccc(-c3cnccc3C#N)cc2N2CCN(C(=O)CCOCCOCCNc3ccc4c(c3)C(=O)N(C3CCC(=O)NC3=O)C4=O)CC2)n1. The van der Waals surface area contributed by atoms with E-state index in [0.29, 0.717) is 73.1 Å². The molecular weight excluding hydrogens is 880 g/mol. The largest absolute Gasteiger partial charge is 0.496 e. The van der Waals surface area contributed by atoms with E-state index in [1.54, 1.807) is 53.7 Å². The lowest BCUT2D eigenvalue weighted by Gasteiger charge is -2.37. The second kappa shape index (κ2) is 21.0. The second-order valence-corrected chi connectivity index (χ2v) is 15.8. The van der Waals surface area contributed by atoms with Crippen molar-refractivity contribution >= 4 is 52.5 Å². The summed E-state index contributed by atoms with van der Waals surface area (Å²) in [5, 5.41) is 18.1. The zero-order valence-electron chi connectivity index (χ0n) is 36.8. The highest BCUT2D eigenvalue weighted by molar-refractivity contribution is 6.23. The monoisotopic (exact) mass is 924 g/mol. The average Bonchev–Trinajstić information content (AvgIpc) is 3.60. The molecule has 2 fully saturated rings. The van der Waals surface area contributed by atoms with Crippen molar-refractivity contribution in [3.05, 3.63) is 114 Å². The molecule has 68 heavy (non-hydrogen) atoms. The fraction of sp³-hybridized carbons (Fsp3) is 0.292. The molecule has 5 aromatic rings. The van der Waals surface area contributed by atoms with Crippen LogP contribution in [-0.2, 0) is 23.9 Å². The number of halogens is 1. The Labute approximate surface area is 389 Å². The summed E-state index contributed by atoms with van der Waals surface area (Å²) in [7, 11) is 1.40. The molecule has 348 valence electrons. The number of carbonyl (C=O) groups excluding carboxylic acids is 6. The molecule has 6 amide bonds. The fourth-order valence-electron chi connectivity index (χ4n) is 8.16. The van der Waals surface area contributed by atoms with Gasteiger partial charge in [0, 0.05) is 69.0 Å². The summed E-state index contributed by atoms with van der Waals surface area (Å²) in [4.78, 5) is 94.4. The summed E-state index contributed by atoms with van der Waals surface area (Å²) < 4.78 is 31.6. The minimum absolute atomic E-state index is 0.00897. The number of carbonyl (C=O) groups is 6. The van der Waals surface area contributed by atoms with Crippen LogP contribution in [0.2, 0.25) is 0 Å². The Kier molecular flexibility index (Phi) is 14.3. The van der Waals surface area contributed by atoms with E-state index < -0.39 is 41.4 Å². The minimum atomic E-state index is -1.04. The normalized spacial score (nSPS) is 15.7. The van der Waals surface area contributed by atoms with Gasteiger partial charge < -0.3 is 34.6 Å². The Balaban J connectivity index is 0.803. The van der Waals surface area contributed by atoms with E-state index >= 15 is 0 Å². The number of anilines is 3. The van der Waals surface area contributed by atoms with Crippen molar-refractivity contribution in [2.75, 3.05) is 81.8 Å². The molecule has 8 rings (SSSR count). The zero-order valence-corrected chi connectivity index (χ0v) is 36.8.